The van der Waals surface area contributed by atoms with Crippen LogP contribution in [0, 0.1) is 5.92 Å². The van der Waals surface area contributed by atoms with Gasteiger partial charge >= 0.3 is 0 Å². The van der Waals surface area contributed by atoms with E-state index in [2.05, 4.69) is 5.16 Å². The molecule has 2 fully saturated rings. The number of hydrogen-bond acceptors (Lipinski definition) is 4. The van der Waals surface area contributed by atoms with Gasteiger partial charge in [-0.25, -0.2) is 0 Å². The van der Waals surface area contributed by atoms with Crippen LogP contribution in [0.3, 0.4) is 0 Å². The van der Waals surface area contributed by atoms with Gasteiger partial charge in [0.25, 0.3) is 5.91 Å². The molecule has 24 heavy (non-hydrogen) atoms. The van der Waals surface area contributed by atoms with E-state index in [1.54, 1.807) is 6.07 Å². The highest BCUT2D eigenvalue weighted by Crippen LogP contribution is 2.47. The molecule has 0 spiro atoms. The van der Waals surface area contributed by atoms with E-state index in [0.717, 1.165) is 31.2 Å². The molecule has 1 aromatic carbocycles. The van der Waals surface area contributed by atoms with Gasteiger partial charge in [-0.15, -0.1) is 0 Å². The molecule has 126 valence electrons. The molecule has 1 aromatic heterocycles. The van der Waals surface area contributed by atoms with Gasteiger partial charge in [-0.2, -0.15) is 0 Å². The summed E-state index contributed by atoms with van der Waals surface area (Å²) in [6.07, 6.45) is 6.05. The molecule has 2 aliphatic rings. The number of piperidine rings is 1. The molecule has 1 amide bonds. The molecule has 0 radical (unpaired) electrons. The molecule has 3 atom stereocenters. The lowest BCUT2D eigenvalue weighted by molar-refractivity contribution is -0.110. The Kier molecular flexibility index (Phi) is 3.88. The van der Waals surface area contributed by atoms with Crippen molar-refractivity contribution in [1.82, 2.24) is 10.1 Å². The van der Waals surface area contributed by atoms with Crippen molar-refractivity contribution in [3.63, 3.8) is 0 Å². The Hall–Kier alpha value is -2.14. The number of likely N-dealkylation sites (tertiary alicyclic amines) is 1. The smallest absolute Gasteiger partial charge is 0.276 e. The highest BCUT2D eigenvalue weighted by Gasteiger charge is 2.50. The van der Waals surface area contributed by atoms with Gasteiger partial charge in [-0.1, -0.05) is 48.3 Å². The Morgan fingerprint density at radius 2 is 2.00 bits per heavy atom. The van der Waals surface area contributed by atoms with Crippen LogP contribution >= 0.6 is 0 Å². The third kappa shape index (κ3) is 2.44. The monoisotopic (exact) mass is 326 g/mol. The van der Waals surface area contributed by atoms with Gasteiger partial charge < -0.3 is 14.5 Å². The first-order chi connectivity index (χ1) is 11.7. The number of carbonyl (C=O) groups is 1. The van der Waals surface area contributed by atoms with E-state index in [4.69, 9.17) is 4.52 Å². The average Bonchev–Trinajstić information content (AvgIpc) is 3.17. The van der Waals surface area contributed by atoms with E-state index >= 15 is 0 Å². The Labute approximate surface area is 141 Å². The fourth-order valence-electron chi connectivity index (χ4n) is 4.49. The number of aliphatic hydroxyl groups is 1. The summed E-state index contributed by atoms with van der Waals surface area (Å²) in [5.41, 5.74) is 0.465. The molecule has 0 bridgehead atoms. The van der Waals surface area contributed by atoms with E-state index in [0.29, 0.717) is 18.7 Å². The van der Waals surface area contributed by atoms with E-state index in [1.807, 2.05) is 35.2 Å². The Bertz CT molecular complexity index is 701. The van der Waals surface area contributed by atoms with Crippen molar-refractivity contribution in [2.75, 3.05) is 6.54 Å². The van der Waals surface area contributed by atoms with Gasteiger partial charge in [0, 0.05) is 24.6 Å². The average molecular weight is 326 g/mol. The fourth-order valence-corrected chi connectivity index (χ4v) is 4.49. The van der Waals surface area contributed by atoms with Crippen molar-refractivity contribution in [1.29, 1.82) is 0 Å². The first kappa shape index (κ1) is 15.4. The summed E-state index contributed by atoms with van der Waals surface area (Å²) in [5, 5.41) is 15.3. The molecular formula is C19H22N2O3. The summed E-state index contributed by atoms with van der Waals surface area (Å²) >= 11 is 0. The quantitative estimate of drug-likeness (QED) is 0.921. The lowest BCUT2D eigenvalue weighted by Crippen LogP contribution is -2.59. The Morgan fingerprint density at radius 1 is 1.21 bits per heavy atom. The van der Waals surface area contributed by atoms with Crippen LogP contribution in [-0.2, 0) is 5.60 Å². The minimum absolute atomic E-state index is 0.0573. The van der Waals surface area contributed by atoms with Gasteiger partial charge in [-0.05, 0) is 24.8 Å². The minimum Gasteiger partial charge on any atom is -0.385 e. The SMILES string of the molecule is O=C(c1ccon1)N1CC[C@@](O)(c2ccccc2)[C@@H]2CCCC[C@H]21. The van der Waals surface area contributed by atoms with Gasteiger partial charge in [0.1, 0.15) is 6.26 Å². The van der Waals surface area contributed by atoms with Crippen molar-refractivity contribution in [3.8, 4) is 0 Å². The molecular weight excluding hydrogens is 304 g/mol. The van der Waals surface area contributed by atoms with Crippen molar-refractivity contribution in [2.24, 2.45) is 5.92 Å². The van der Waals surface area contributed by atoms with E-state index < -0.39 is 5.60 Å². The predicted octanol–water partition coefficient (Wildman–Crippen LogP) is 2.97. The lowest BCUT2D eigenvalue weighted by Gasteiger charge is -2.52. The molecule has 2 aromatic rings. The fraction of sp³-hybridized carbons (Fsp3) is 0.474. The summed E-state index contributed by atoms with van der Waals surface area (Å²) in [4.78, 5) is 14.7. The first-order valence-electron chi connectivity index (χ1n) is 8.69. The molecule has 5 heteroatoms. The number of amides is 1. The number of rotatable bonds is 2. The van der Waals surface area contributed by atoms with E-state index in [-0.39, 0.29) is 17.9 Å². The maximum absolute atomic E-state index is 12.8. The molecule has 1 saturated heterocycles. The second kappa shape index (κ2) is 6.06. The van der Waals surface area contributed by atoms with Crippen LogP contribution in [0.25, 0.3) is 0 Å². The second-order valence-electron chi connectivity index (χ2n) is 6.88. The number of fused-ring (bicyclic) bond motifs is 1. The number of aromatic nitrogens is 1. The number of carbonyl (C=O) groups excluding carboxylic acids is 1. The van der Waals surface area contributed by atoms with Crippen molar-refractivity contribution >= 4 is 5.91 Å². The third-order valence-corrected chi connectivity index (χ3v) is 5.67. The van der Waals surface area contributed by atoms with Gasteiger partial charge in [0.2, 0.25) is 0 Å². The minimum atomic E-state index is -0.854. The Morgan fingerprint density at radius 3 is 2.75 bits per heavy atom. The highest BCUT2D eigenvalue weighted by molar-refractivity contribution is 5.92. The van der Waals surface area contributed by atoms with Gasteiger partial charge in [0.05, 0.1) is 5.60 Å². The van der Waals surface area contributed by atoms with Crippen LogP contribution in [0.1, 0.15) is 48.2 Å². The summed E-state index contributed by atoms with van der Waals surface area (Å²) in [6.45, 7) is 0.540. The number of hydrogen-bond donors (Lipinski definition) is 1. The molecule has 0 unspecified atom stereocenters. The van der Waals surface area contributed by atoms with E-state index in [1.165, 1.54) is 6.26 Å². The van der Waals surface area contributed by atoms with Crippen molar-refractivity contribution < 1.29 is 14.4 Å². The van der Waals surface area contributed by atoms with Crippen LogP contribution in [0.2, 0.25) is 0 Å². The summed E-state index contributed by atoms with van der Waals surface area (Å²) < 4.78 is 4.83. The lowest BCUT2D eigenvalue weighted by atomic mass is 9.66. The highest BCUT2D eigenvalue weighted by atomic mass is 16.5. The van der Waals surface area contributed by atoms with Crippen LogP contribution in [-0.4, -0.2) is 33.7 Å². The molecule has 5 nitrogen and oxygen atoms in total. The maximum atomic E-state index is 12.8. The van der Waals surface area contributed by atoms with Crippen LogP contribution in [0.4, 0.5) is 0 Å². The molecule has 1 saturated carbocycles. The molecule has 2 heterocycles. The second-order valence-corrected chi connectivity index (χ2v) is 6.88. The molecule has 1 N–H and O–H groups in total. The zero-order valence-electron chi connectivity index (χ0n) is 13.6. The summed E-state index contributed by atoms with van der Waals surface area (Å²) in [5.74, 6) is -0.0194. The van der Waals surface area contributed by atoms with Crippen LogP contribution in [0.5, 0.6) is 0 Å². The normalized spacial score (nSPS) is 30.0. The number of nitrogens with zero attached hydrogens (tertiary/aromatic N) is 2. The third-order valence-electron chi connectivity index (χ3n) is 5.67. The van der Waals surface area contributed by atoms with Crippen molar-refractivity contribution in [2.45, 2.75) is 43.7 Å². The predicted molar refractivity (Wildman–Crippen MR) is 88.2 cm³/mol. The molecule has 1 aliphatic carbocycles. The number of benzene rings is 1. The zero-order chi connectivity index (χ0) is 16.6. The maximum Gasteiger partial charge on any atom is 0.276 e. The zero-order valence-corrected chi connectivity index (χ0v) is 13.6. The van der Waals surface area contributed by atoms with Crippen LogP contribution in [0.15, 0.2) is 47.2 Å². The summed E-state index contributed by atoms with van der Waals surface area (Å²) in [7, 11) is 0. The largest absolute Gasteiger partial charge is 0.385 e. The molecule has 4 rings (SSSR count). The topological polar surface area (TPSA) is 66.6 Å². The first-order valence-corrected chi connectivity index (χ1v) is 8.69. The van der Waals surface area contributed by atoms with Crippen LogP contribution < -0.4 is 0 Å². The van der Waals surface area contributed by atoms with Gasteiger partial charge in [-0.3, -0.25) is 4.79 Å². The van der Waals surface area contributed by atoms with Gasteiger partial charge in [0.15, 0.2) is 5.69 Å². The van der Waals surface area contributed by atoms with Crippen molar-refractivity contribution in [3.05, 3.63) is 53.9 Å². The Balaban J connectivity index is 1.66. The summed E-state index contributed by atoms with van der Waals surface area (Å²) in [6, 6.07) is 11.6. The van der Waals surface area contributed by atoms with E-state index in [9.17, 15) is 9.90 Å². The standard InChI is InChI=1S/C19H22N2O3/c22-18(16-10-13-24-20-16)21-12-11-19(23,14-6-2-1-3-7-14)15-8-4-5-9-17(15)21/h1-3,6-7,10,13,15,17,23H,4-5,8-9,11-12H2/t15-,17-,19-/m1/s1. The molecule has 1 aliphatic heterocycles.